The number of hydrogen-bond acceptors (Lipinski definition) is 2. The molecule has 0 bridgehead atoms. The quantitative estimate of drug-likeness (QED) is 0.620. The second kappa shape index (κ2) is 5.51. The molecular weight excluding hydrogens is 358 g/mol. The third-order valence-electron chi connectivity index (χ3n) is 2.17. The maximum absolute atomic E-state index is 12.3. The van der Waals surface area contributed by atoms with Gasteiger partial charge >= 0.3 is 12.4 Å². The van der Waals surface area contributed by atoms with Gasteiger partial charge in [0.15, 0.2) is 0 Å². The largest absolute Gasteiger partial charge is 0.409 e. The van der Waals surface area contributed by atoms with E-state index in [2.05, 4.69) is 15.9 Å². The molecule has 0 aliphatic heterocycles. The smallest absolute Gasteiger partial charge is 0.399 e. The normalized spacial score (nSPS) is 12.6. The first kappa shape index (κ1) is 16.6. The summed E-state index contributed by atoms with van der Waals surface area (Å²) >= 11 is 2.87. The highest BCUT2D eigenvalue weighted by molar-refractivity contribution is 9.10. The number of carbonyl (C=O) groups is 1. The zero-order valence-corrected chi connectivity index (χ0v) is 11.0. The van der Waals surface area contributed by atoms with E-state index in [1.165, 1.54) is 12.1 Å². The van der Waals surface area contributed by atoms with Crippen LogP contribution in [0, 0.1) is 5.92 Å². The summed E-state index contributed by atoms with van der Waals surface area (Å²) in [5.41, 5.74) is 5.33. The monoisotopic (exact) mass is 364 g/mol. The average Bonchev–Trinajstić information content (AvgIpc) is 2.17. The maximum Gasteiger partial charge on any atom is 0.409 e. The minimum atomic E-state index is -5.73. The van der Waals surface area contributed by atoms with Gasteiger partial charge in [-0.15, -0.1) is 0 Å². The van der Waals surface area contributed by atoms with Crippen molar-refractivity contribution >= 4 is 33.2 Å². The number of amides is 1. The molecule has 1 amide bonds. The molecule has 0 aliphatic carbocycles. The van der Waals surface area contributed by atoms with E-state index in [0.29, 0.717) is 0 Å². The highest BCUT2D eigenvalue weighted by Crippen LogP contribution is 2.40. The van der Waals surface area contributed by atoms with Crippen LogP contribution in [-0.4, -0.2) is 18.3 Å². The van der Waals surface area contributed by atoms with E-state index >= 15 is 0 Å². The van der Waals surface area contributed by atoms with E-state index in [0.717, 1.165) is 6.07 Å². The van der Waals surface area contributed by atoms with Gasteiger partial charge in [0, 0.05) is 10.2 Å². The second-order valence-electron chi connectivity index (χ2n) is 3.74. The van der Waals surface area contributed by atoms with Crippen LogP contribution in [0.25, 0.3) is 0 Å². The summed E-state index contributed by atoms with van der Waals surface area (Å²) in [6.07, 6.45) is -11.5. The topological polar surface area (TPSA) is 55.1 Å². The van der Waals surface area contributed by atoms with Crippen LogP contribution in [0.15, 0.2) is 22.7 Å². The Morgan fingerprint density at radius 2 is 1.65 bits per heavy atom. The number of halogens is 7. The Morgan fingerprint density at radius 1 is 1.15 bits per heavy atom. The Bertz CT molecular complexity index is 499. The number of rotatable bonds is 2. The van der Waals surface area contributed by atoms with Crippen molar-refractivity contribution in [3.63, 3.8) is 0 Å². The van der Waals surface area contributed by atoms with Crippen molar-refractivity contribution in [1.29, 1.82) is 0 Å². The number of anilines is 2. The van der Waals surface area contributed by atoms with Gasteiger partial charge < -0.3 is 11.1 Å². The van der Waals surface area contributed by atoms with Gasteiger partial charge in [0.05, 0.1) is 5.69 Å². The minimum absolute atomic E-state index is 0.0638. The van der Waals surface area contributed by atoms with E-state index in [1.807, 2.05) is 0 Å². The van der Waals surface area contributed by atoms with Crippen molar-refractivity contribution in [2.45, 2.75) is 12.4 Å². The number of hydrogen-bond donors (Lipinski definition) is 2. The third kappa shape index (κ3) is 4.02. The zero-order chi connectivity index (χ0) is 15.7. The molecule has 0 heterocycles. The molecule has 20 heavy (non-hydrogen) atoms. The standard InChI is InChI=1S/C10H7BrF6N2O/c11-5-3-4(18)1-2-6(5)19-8(20)7(9(12,13)14)10(15,16)17/h1-3,7H,18H2,(H,19,20). The predicted octanol–water partition coefficient (Wildman–Crippen LogP) is 3.71. The van der Waals surface area contributed by atoms with Crippen LogP contribution in [0.3, 0.4) is 0 Å². The predicted molar refractivity (Wildman–Crippen MR) is 62.8 cm³/mol. The molecule has 1 rings (SSSR count). The summed E-state index contributed by atoms with van der Waals surface area (Å²) in [6, 6.07) is 3.53. The fourth-order valence-corrected chi connectivity index (χ4v) is 1.82. The highest BCUT2D eigenvalue weighted by atomic mass is 79.9. The molecule has 0 spiro atoms. The van der Waals surface area contributed by atoms with Crippen LogP contribution in [-0.2, 0) is 4.79 Å². The number of nitrogens with one attached hydrogen (secondary N) is 1. The third-order valence-corrected chi connectivity index (χ3v) is 2.82. The van der Waals surface area contributed by atoms with Gasteiger partial charge in [-0.2, -0.15) is 26.3 Å². The molecule has 10 heteroatoms. The van der Waals surface area contributed by atoms with Gasteiger partial charge in [-0.05, 0) is 34.1 Å². The van der Waals surface area contributed by atoms with E-state index in [-0.39, 0.29) is 15.8 Å². The fraction of sp³-hybridized carbons (Fsp3) is 0.300. The Morgan fingerprint density at radius 3 is 2.05 bits per heavy atom. The van der Waals surface area contributed by atoms with Crippen LogP contribution >= 0.6 is 15.9 Å². The maximum atomic E-state index is 12.3. The summed E-state index contributed by atoms with van der Waals surface area (Å²) in [6.45, 7) is 0. The summed E-state index contributed by atoms with van der Waals surface area (Å²) in [7, 11) is 0. The lowest BCUT2D eigenvalue weighted by molar-refractivity contribution is -0.272. The van der Waals surface area contributed by atoms with E-state index in [1.54, 1.807) is 5.32 Å². The van der Waals surface area contributed by atoms with Crippen LogP contribution in [0.1, 0.15) is 0 Å². The second-order valence-corrected chi connectivity index (χ2v) is 4.60. The van der Waals surface area contributed by atoms with Gasteiger partial charge in [0.2, 0.25) is 11.8 Å². The Hall–Kier alpha value is -1.45. The zero-order valence-electron chi connectivity index (χ0n) is 9.44. The minimum Gasteiger partial charge on any atom is -0.399 e. The number of nitrogen functional groups attached to an aromatic ring is 1. The lowest BCUT2D eigenvalue weighted by Crippen LogP contribution is -2.45. The summed E-state index contributed by atoms with van der Waals surface area (Å²) in [5.74, 6) is -6.31. The van der Waals surface area contributed by atoms with Crippen LogP contribution in [0.5, 0.6) is 0 Å². The molecule has 0 radical (unpaired) electrons. The first-order valence-electron chi connectivity index (χ1n) is 4.92. The molecule has 112 valence electrons. The van der Waals surface area contributed by atoms with Crippen LogP contribution in [0.2, 0.25) is 0 Å². The lowest BCUT2D eigenvalue weighted by Gasteiger charge is -2.22. The first-order chi connectivity index (χ1) is 8.93. The summed E-state index contributed by atoms with van der Waals surface area (Å²) in [4.78, 5) is 11.2. The molecule has 3 nitrogen and oxygen atoms in total. The average molecular weight is 365 g/mol. The van der Waals surface area contributed by atoms with Crippen molar-refractivity contribution in [2.24, 2.45) is 5.92 Å². The SMILES string of the molecule is Nc1ccc(NC(=O)C(C(F)(F)F)C(F)(F)F)c(Br)c1. The number of alkyl halides is 6. The van der Waals surface area contributed by atoms with Gasteiger partial charge in [-0.25, -0.2) is 0 Å². The van der Waals surface area contributed by atoms with E-state index in [9.17, 15) is 31.1 Å². The van der Waals surface area contributed by atoms with Gasteiger partial charge in [-0.3, -0.25) is 4.79 Å². The number of benzene rings is 1. The molecule has 0 atom stereocenters. The molecule has 0 saturated heterocycles. The Labute approximate surface area is 117 Å². The summed E-state index contributed by atoms with van der Waals surface area (Å²) in [5, 5.41) is 1.57. The number of nitrogens with two attached hydrogens (primary N) is 1. The molecule has 1 aromatic carbocycles. The van der Waals surface area contributed by atoms with Crippen LogP contribution in [0.4, 0.5) is 37.7 Å². The Balaban J connectivity index is 3.04. The van der Waals surface area contributed by atoms with E-state index < -0.39 is 24.2 Å². The Kier molecular flexibility index (Phi) is 4.57. The molecule has 0 unspecified atom stereocenters. The lowest BCUT2D eigenvalue weighted by atomic mass is 10.1. The fourth-order valence-electron chi connectivity index (χ4n) is 1.32. The van der Waals surface area contributed by atoms with Crippen molar-refractivity contribution in [2.75, 3.05) is 11.1 Å². The molecule has 3 N–H and O–H groups in total. The molecule has 0 saturated carbocycles. The van der Waals surface area contributed by atoms with E-state index in [4.69, 9.17) is 5.73 Å². The number of carbonyl (C=O) groups excluding carboxylic acids is 1. The molecule has 0 fully saturated rings. The first-order valence-corrected chi connectivity index (χ1v) is 5.71. The van der Waals surface area contributed by atoms with Gasteiger partial charge in [-0.1, -0.05) is 0 Å². The van der Waals surface area contributed by atoms with Crippen molar-refractivity contribution in [3.8, 4) is 0 Å². The van der Waals surface area contributed by atoms with Crippen molar-refractivity contribution in [1.82, 2.24) is 0 Å². The molecule has 0 aliphatic rings. The van der Waals surface area contributed by atoms with Gasteiger partial charge in [0.25, 0.3) is 0 Å². The molecular formula is C10H7BrF6N2O. The highest BCUT2D eigenvalue weighted by Gasteiger charge is 2.61. The molecule has 1 aromatic rings. The van der Waals surface area contributed by atoms with Gasteiger partial charge in [0.1, 0.15) is 0 Å². The summed E-state index contributed by atoms with van der Waals surface area (Å²) < 4.78 is 74.0. The van der Waals surface area contributed by atoms with Crippen molar-refractivity contribution < 1.29 is 31.1 Å². The molecule has 0 aromatic heterocycles. The van der Waals surface area contributed by atoms with Crippen molar-refractivity contribution in [3.05, 3.63) is 22.7 Å². The van der Waals surface area contributed by atoms with Crippen LogP contribution < -0.4 is 11.1 Å².